The van der Waals surface area contributed by atoms with E-state index >= 15 is 0 Å². The Bertz CT molecular complexity index is 2720. The van der Waals surface area contributed by atoms with E-state index in [0.717, 1.165) is 0 Å². The number of benzene rings is 8. The molecule has 250 valence electrons. The monoisotopic (exact) mass is 674 g/mol. The predicted molar refractivity (Wildman–Crippen MR) is 220 cm³/mol. The molecular weight excluding hydrogens is 637 g/mol. The second kappa shape index (κ2) is 11.6. The van der Waals surface area contributed by atoms with Crippen LogP contribution < -0.4 is 0 Å². The minimum absolute atomic E-state index is 0.139. The summed E-state index contributed by atoms with van der Waals surface area (Å²) in [5.74, 6) is 0.599. The van der Waals surface area contributed by atoms with Crippen LogP contribution in [0.3, 0.4) is 0 Å². The Kier molecular flexibility index (Phi) is 6.67. The minimum Gasteiger partial charge on any atom is -0.0619 e. The Morgan fingerprint density at radius 3 is 1.28 bits per heavy atom. The molecule has 3 aliphatic carbocycles. The first-order valence-corrected chi connectivity index (χ1v) is 19.0. The van der Waals surface area contributed by atoms with Crippen LogP contribution in [-0.4, -0.2) is 0 Å². The Morgan fingerprint density at radius 1 is 0.283 bits per heavy atom. The molecule has 0 N–H and O–H groups in total. The maximum atomic E-state index is 2.54. The van der Waals surface area contributed by atoms with Crippen molar-refractivity contribution < 1.29 is 0 Å². The summed E-state index contributed by atoms with van der Waals surface area (Å²) < 4.78 is 0. The van der Waals surface area contributed by atoms with Gasteiger partial charge in [0, 0.05) is 17.8 Å². The lowest BCUT2D eigenvalue weighted by Crippen LogP contribution is -2.06. The van der Waals surface area contributed by atoms with Crippen LogP contribution in [0.1, 0.15) is 79.0 Å². The van der Waals surface area contributed by atoms with Crippen LogP contribution in [0.25, 0.3) is 44.5 Å². The predicted octanol–water partition coefficient (Wildman–Crippen LogP) is 13.5. The summed E-state index contributed by atoms with van der Waals surface area (Å²) in [5, 5.41) is 0. The average molecular weight is 675 g/mol. The molecule has 11 rings (SSSR count). The normalized spacial score (nSPS) is 16.0. The number of hydrogen-bond acceptors (Lipinski definition) is 0. The molecule has 8 aromatic carbocycles. The van der Waals surface area contributed by atoms with Crippen molar-refractivity contribution in [1.29, 1.82) is 0 Å². The molecule has 0 saturated heterocycles. The maximum absolute atomic E-state index is 2.54. The van der Waals surface area contributed by atoms with Crippen LogP contribution in [0.15, 0.2) is 176 Å². The van der Waals surface area contributed by atoms with E-state index in [0.29, 0.717) is 0 Å². The van der Waals surface area contributed by atoms with Gasteiger partial charge in [0.25, 0.3) is 0 Å². The summed E-state index contributed by atoms with van der Waals surface area (Å²) in [7, 11) is 0. The second-order valence-corrected chi connectivity index (χ2v) is 15.2. The molecule has 0 heterocycles. The summed E-state index contributed by atoms with van der Waals surface area (Å²) in [6.45, 7) is 4.56. The molecule has 2 atom stereocenters. The molecule has 0 bridgehead atoms. The quantitative estimate of drug-likeness (QED) is 0.174. The van der Waals surface area contributed by atoms with Gasteiger partial charge in [-0.3, -0.25) is 0 Å². The van der Waals surface area contributed by atoms with Gasteiger partial charge in [0.2, 0.25) is 0 Å². The van der Waals surface area contributed by atoms with Gasteiger partial charge in [0.05, 0.1) is 0 Å². The molecule has 0 fully saturated rings. The molecule has 3 aliphatic rings. The third kappa shape index (κ3) is 4.42. The minimum atomic E-state index is 0.139. The Hall–Kier alpha value is -6.24. The van der Waals surface area contributed by atoms with Crippen molar-refractivity contribution in [2.75, 3.05) is 0 Å². The highest BCUT2D eigenvalue weighted by Crippen LogP contribution is 2.54. The van der Waals surface area contributed by atoms with Crippen molar-refractivity contribution in [3.8, 4) is 44.5 Å². The van der Waals surface area contributed by atoms with E-state index in [4.69, 9.17) is 0 Å². The molecule has 0 amide bonds. The molecule has 0 spiro atoms. The highest BCUT2D eigenvalue weighted by molar-refractivity contribution is 5.86. The van der Waals surface area contributed by atoms with Crippen LogP contribution in [0.2, 0.25) is 0 Å². The fourth-order valence-electron chi connectivity index (χ4n) is 10.2. The maximum Gasteiger partial charge on any atom is 0.0361 e. The van der Waals surface area contributed by atoms with Crippen LogP contribution in [0, 0.1) is 13.8 Å². The molecule has 0 nitrogen and oxygen atoms in total. The van der Waals surface area contributed by atoms with E-state index in [-0.39, 0.29) is 17.8 Å². The zero-order valence-electron chi connectivity index (χ0n) is 30.0. The first-order valence-electron chi connectivity index (χ1n) is 19.0. The first kappa shape index (κ1) is 30.4. The summed E-state index contributed by atoms with van der Waals surface area (Å²) in [6, 6.07) is 66.5. The van der Waals surface area contributed by atoms with Crippen LogP contribution >= 0.6 is 0 Å². The van der Waals surface area contributed by atoms with Crippen molar-refractivity contribution in [1.82, 2.24) is 0 Å². The fourth-order valence-corrected chi connectivity index (χ4v) is 10.2. The van der Waals surface area contributed by atoms with Gasteiger partial charge in [-0.1, -0.05) is 176 Å². The SMILES string of the molecule is Cc1cccc2c1C(c1ccc(-c3cccc(C)c3C3c4ccccc4-c4ccc(C5c6ccccc6-c6ccccc65)cc43)cc1)c1ccccc1-2. The van der Waals surface area contributed by atoms with Crippen molar-refractivity contribution in [3.63, 3.8) is 0 Å². The Morgan fingerprint density at radius 2 is 0.698 bits per heavy atom. The smallest absolute Gasteiger partial charge is 0.0361 e. The summed E-state index contributed by atoms with van der Waals surface area (Å²) in [6.07, 6.45) is 0. The van der Waals surface area contributed by atoms with Crippen LogP contribution in [0.5, 0.6) is 0 Å². The lowest BCUT2D eigenvalue weighted by Gasteiger charge is -2.23. The highest BCUT2D eigenvalue weighted by Gasteiger charge is 2.36. The van der Waals surface area contributed by atoms with Gasteiger partial charge in [0.1, 0.15) is 0 Å². The topological polar surface area (TPSA) is 0 Å². The standard InChI is InChI=1S/C53H38/c1-32-13-11-23-37(34-25-27-35(28-26-34)52-46-21-9-6-18-41(46)43-24-12-14-33(2)50(43)52)49(32)53-47-22-10-5-17-40(47)42-30-29-36(31-48(42)53)51-44-19-7-3-15-38(44)39-16-4-8-20-45(39)51/h3-31,51-53H,1-2H3. The largest absolute Gasteiger partial charge is 0.0619 e. The molecule has 2 unspecified atom stereocenters. The van der Waals surface area contributed by atoms with Crippen molar-refractivity contribution in [2.24, 2.45) is 0 Å². The van der Waals surface area contributed by atoms with E-state index in [1.165, 1.54) is 106 Å². The lowest BCUT2D eigenvalue weighted by molar-refractivity contribution is 0.970. The van der Waals surface area contributed by atoms with Gasteiger partial charge in [-0.05, 0) is 120 Å². The first-order chi connectivity index (χ1) is 26.2. The van der Waals surface area contributed by atoms with Gasteiger partial charge in [-0.15, -0.1) is 0 Å². The molecule has 0 radical (unpaired) electrons. The van der Waals surface area contributed by atoms with E-state index in [9.17, 15) is 0 Å². The van der Waals surface area contributed by atoms with Gasteiger partial charge < -0.3 is 0 Å². The van der Waals surface area contributed by atoms with E-state index in [1.807, 2.05) is 0 Å². The van der Waals surface area contributed by atoms with Crippen LogP contribution in [-0.2, 0) is 0 Å². The number of aryl methyl sites for hydroxylation is 2. The molecule has 53 heavy (non-hydrogen) atoms. The molecule has 0 aliphatic heterocycles. The molecule has 0 saturated carbocycles. The molecule has 0 aromatic heterocycles. The Balaban J connectivity index is 1.05. The van der Waals surface area contributed by atoms with E-state index < -0.39 is 0 Å². The van der Waals surface area contributed by atoms with Gasteiger partial charge in [-0.25, -0.2) is 0 Å². The van der Waals surface area contributed by atoms with Crippen molar-refractivity contribution >= 4 is 0 Å². The number of hydrogen-bond donors (Lipinski definition) is 0. The van der Waals surface area contributed by atoms with Crippen molar-refractivity contribution in [2.45, 2.75) is 31.6 Å². The van der Waals surface area contributed by atoms with Gasteiger partial charge >= 0.3 is 0 Å². The third-order valence-corrected chi connectivity index (χ3v) is 12.5. The van der Waals surface area contributed by atoms with E-state index in [1.54, 1.807) is 0 Å². The summed E-state index contributed by atoms with van der Waals surface area (Å²) in [5.41, 5.74) is 26.0. The highest BCUT2D eigenvalue weighted by atomic mass is 14.4. The molecule has 0 heteroatoms. The molecular formula is C53H38. The summed E-state index contributed by atoms with van der Waals surface area (Å²) in [4.78, 5) is 0. The Labute approximate surface area is 312 Å². The zero-order chi connectivity index (χ0) is 35.2. The third-order valence-electron chi connectivity index (χ3n) is 12.5. The van der Waals surface area contributed by atoms with Gasteiger partial charge in [-0.2, -0.15) is 0 Å². The van der Waals surface area contributed by atoms with E-state index in [2.05, 4.69) is 190 Å². The average Bonchev–Trinajstić information content (AvgIpc) is 3.84. The number of rotatable bonds is 4. The number of fused-ring (bicyclic) bond motifs is 9. The van der Waals surface area contributed by atoms with Gasteiger partial charge in [0.15, 0.2) is 0 Å². The van der Waals surface area contributed by atoms with Crippen LogP contribution in [0.4, 0.5) is 0 Å². The van der Waals surface area contributed by atoms with Crippen molar-refractivity contribution in [3.05, 3.63) is 237 Å². The second-order valence-electron chi connectivity index (χ2n) is 15.2. The zero-order valence-corrected chi connectivity index (χ0v) is 30.0. The fraction of sp³-hybridized carbons (Fsp3) is 0.0943. The summed E-state index contributed by atoms with van der Waals surface area (Å²) >= 11 is 0. The molecule has 8 aromatic rings. The lowest BCUT2D eigenvalue weighted by atomic mass is 9.80.